The number of likely N-dealkylation sites (N-methyl/N-ethyl adjacent to an activating group) is 1. The number of amides is 3. The first-order valence-electron chi connectivity index (χ1n) is 17.3. The summed E-state index contributed by atoms with van der Waals surface area (Å²) >= 11 is 3.73. The average Bonchev–Trinajstić information content (AvgIpc) is 3.69. The van der Waals surface area contributed by atoms with Gasteiger partial charge in [-0.2, -0.15) is 0 Å². The number of aliphatic hydroxyl groups excluding tert-OH is 1. The van der Waals surface area contributed by atoms with E-state index >= 15 is 0 Å². The lowest BCUT2D eigenvalue weighted by molar-refractivity contribution is -0.165. The molecule has 9 atom stereocenters. The molecule has 264 valence electrons. The summed E-state index contributed by atoms with van der Waals surface area (Å²) in [7, 11) is 1.69. The molecule has 0 aromatic heterocycles. The fourth-order valence-electron chi connectivity index (χ4n) is 7.72. The van der Waals surface area contributed by atoms with Crippen LogP contribution in [0.3, 0.4) is 0 Å². The van der Waals surface area contributed by atoms with Crippen LogP contribution in [0.25, 0.3) is 0 Å². The number of unbranched alkanes of at least 4 members (excludes halogenated alkanes) is 2. The maximum Gasteiger partial charge on any atom is 0.313 e. The minimum absolute atomic E-state index is 0.109. The fraction of sp³-hybridized carbons (Fsp3) is 0.622. The van der Waals surface area contributed by atoms with Gasteiger partial charge in [-0.15, -0.1) is 13.2 Å². The van der Waals surface area contributed by atoms with Crippen LogP contribution in [-0.2, 0) is 28.7 Å². The Morgan fingerprint density at radius 2 is 1.90 bits per heavy atom. The topological polar surface area (TPSA) is 117 Å². The van der Waals surface area contributed by atoms with Gasteiger partial charge in [-0.3, -0.25) is 19.2 Å². The molecule has 1 unspecified atom stereocenters. The van der Waals surface area contributed by atoms with Gasteiger partial charge in [0.2, 0.25) is 17.7 Å². The Bertz CT molecular complexity index is 1320. The number of halogens is 1. The van der Waals surface area contributed by atoms with E-state index in [1.807, 2.05) is 44.2 Å². The number of ether oxygens (including phenoxy) is 2. The maximum atomic E-state index is 14.6. The van der Waals surface area contributed by atoms with Crippen LogP contribution in [0, 0.1) is 11.8 Å². The molecule has 3 amide bonds. The van der Waals surface area contributed by atoms with Crippen LogP contribution >= 0.6 is 15.9 Å². The number of fused-ring (bicyclic) bond motifs is 1. The standard InChI is InChI=1S/C37H52BrN3O7/c1-7-11-16-21-40(20-9-3)35(45)33-37-22-27(38)32(48-37)29(30(37)34(44)41(33)26(10-4)23-42)36(46)47-31(25-17-14-13-15-18-25)24(5)39(6)28(43)19-12-8-2/h8-9,13-15,17-18,24,26-27,29-33,42H,2-3,7,10-12,16,19-23H2,1,4-6H3/t24-,26-,27?,29+,30-,31+,32+,33+,37-/m0/s1. The SMILES string of the molecule is C=CCCC(=O)N(C)[C@@H](C)[C@@H](OC(=O)[C@H]1[C@@H]2O[C@@]3(CC2Br)[C@@H]1C(=O)N([C@@H](CC)CO)[C@@H]3C(=O)N(CC=C)CCCCC)c1ccccc1. The van der Waals surface area contributed by atoms with Gasteiger partial charge in [0.05, 0.1) is 36.6 Å². The number of allylic oxidation sites excluding steroid dienone is 1. The van der Waals surface area contributed by atoms with E-state index in [-0.39, 0.29) is 35.6 Å². The molecule has 3 aliphatic rings. The summed E-state index contributed by atoms with van der Waals surface area (Å²) in [5.74, 6) is -3.35. The second-order valence-electron chi connectivity index (χ2n) is 13.3. The largest absolute Gasteiger partial charge is 0.455 e. The summed E-state index contributed by atoms with van der Waals surface area (Å²) in [6, 6.07) is 7.07. The Kier molecular flexibility index (Phi) is 13.1. The number of rotatable bonds is 18. The molecule has 0 radical (unpaired) electrons. The average molecular weight is 731 g/mol. The number of hydrogen-bond acceptors (Lipinski definition) is 7. The van der Waals surface area contributed by atoms with Crippen molar-refractivity contribution >= 4 is 39.6 Å². The third-order valence-electron chi connectivity index (χ3n) is 10.4. The molecule has 1 aromatic rings. The van der Waals surface area contributed by atoms with Crippen molar-refractivity contribution in [2.24, 2.45) is 11.8 Å². The van der Waals surface area contributed by atoms with E-state index in [4.69, 9.17) is 9.47 Å². The third kappa shape index (κ3) is 7.14. The molecule has 2 bridgehead atoms. The zero-order valence-electron chi connectivity index (χ0n) is 28.8. The van der Waals surface area contributed by atoms with Gasteiger partial charge in [0.15, 0.2) is 0 Å². The summed E-state index contributed by atoms with van der Waals surface area (Å²) in [4.78, 5) is 61.0. The molecule has 3 aliphatic heterocycles. The molecule has 1 N–H and O–H groups in total. The molecule has 10 nitrogen and oxygen atoms in total. The molecule has 3 heterocycles. The maximum absolute atomic E-state index is 14.6. The van der Waals surface area contributed by atoms with Crippen molar-refractivity contribution < 1.29 is 33.8 Å². The highest BCUT2D eigenvalue weighted by molar-refractivity contribution is 9.09. The summed E-state index contributed by atoms with van der Waals surface area (Å²) in [5.41, 5.74) is -0.573. The first-order chi connectivity index (χ1) is 23.0. The quantitative estimate of drug-likeness (QED) is 0.0999. The van der Waals surface area contributed by atoms with Crippen molar-refractivity contribution in [1.82, 2.24) is 14.7 Å². The number of nitrogens with zero attached hydrogens (tertiary/aromatic N) is 3. The van der Waals surface area contributed by atoms with Crippen molar-refractivity contribution in [2.45, 2.75) is 106 Å². The minimum Gasteiger partial charge on any atom is -0.455 e. The molecule has 3 saturated heterocycles. The van der Waals surface area contributed by atoms with Gasteiger partial charge in [-0.25, -0.2) is 0 Å². The highest BCUT2D eigenvalue weighted by Crippen LogP contribution is 2.61. The Hall–Kier alpha value is -3.02. The number of carbonyl (C=O) groups excluding carboxylic acids is 4. The van der Waals surface area contributed by atoms with Gasteiger partial charge in [0.1, 0.15) is 17.7 Å². The first kappa shape index (κ1) is 37.8. The number of hydrogen-bond donors (Lipinski definition) is 1. The Morgan fingerprint density at radius 3 is 2.50 bits per heavy atom. The number of carbonyl (C=O) groups is 4. The van der Waals surface area contributed by atoms with Gasteiger partial charge in [-0.1, -0.05) is 85.1 Å². The van der Waals surface area contributed by atoms with E-state index in [0.29, 0.717) is 37.9 Å². The van der Waals surface area contributed by atoms with Crippen molar-refractivity contribution in [3.63, 3.8) is 0 Å². The lowest BCUT2D eigenvalue weighted by atomic mass is 9.70. The van der Waals surface area contributed by atoms with Crippen LogP contribution in [0.2, 0.25) is 0 Å². The Morgan fingerprint density at radius 1 is 1.19 bits per heavy atom. The predicted molar refractivity (Wildman–Crippen MR) is 187 cm³/mol. The molecule has 11 heteroatoms. The molecule has 1 aromatic carbocycles. The van der Waals surface area contributed by atoms with Crippen molar-refractivity contribution in [2.75, 3.05) is 26.7 Å². The van der Waals surface area contributed by atoms with E-state index in [2.05, 4.69) is 36.0 Å². The predicted octanol–water partition coefficient (Wildman–Crippen LogP) is 4.81. The number of alkyl halides is 1. The molecule has 1 spiro atoms. The second kappa shape index (κ2) is 16.6. The van der Waals surface area contributed by atoms with Crippen LogP contribution in [0.15, 0.2) is 55.6 Å². The van der Waals surface area contributed by atoms with Gasteiger partial charge in [0.25, 0.3) is 0 Å². The fourth-order valence-corrected chi connectivity index (χ4v) is 8.66. The first-order valence-corrected chi connectivity index (χ1v) is 18.2. The number of benzene rings is 1. The highest BCUT2D eigenvalue weighted by atomic mass is 79.9. The summed E-state index contributed by atoms with van der Waals surface area (Å²) in [6.07, 6.45) is 6.14. The zero-order valence-corrected chi connectivity index (χ0v) is 30.3. The summed E-state index contributed by atoms with van der Waals surface area (Å²) < 4.78 is 13.0. The van der Waals surface area contributed by atoms with Crippen LogP contribution in [0.1, 0.15) is 77.4 Å². The molecule has 0 saturated carbocycles. The number of likely N-dealkylation sites (tertiary alicyclic amines) is 1. The summed E-state index contributed by atoms with van der Waals surface area (Å²) in [5, 5.41) is 10.4. The van der Waals surface area contributed by atoms with Gasteiger partial charge in [-0.05, 0) is 38.2 Å². The lowest BCUT2D eigenvalue weighted by Crippen LogP contribution is -2.59. The van der Waals surface area contributed by atoms with E-state index in [1.165, 1.54) is 4.90 Å². The van der Waals surface area contributed by atoms with Crippen LogP contribution < -0.4 is 0 Å². The monoisotopic (exact) mass is 729 g/mol. The summed E-state index contributed by atoms with van der Waals surface area (Å²) in [6.45, 7) is 13.8. The zero-order chi connectivity index (χ0) is 35.2. The van der Waals surface area contributed by atoms with E-state index in [0.717, 1.165) is 19.3 Å². The normalized spacial score (nSPS) is 27.6. The molecular weight excluding hydrogens is 678 g/mol. The highest BCUT2D eigenvalue weighted by Gasteiger charge is 2.77. The Labute approximate surface area is 293 Å². The van der Waals surface area contributed by atoms with E-state index in [1.54, 1.807) is 29.0 Å². The van der Waals surface area contributed by atoms with Crippen LogP contribution in [-0.4, -0.2) is 105 Å². The van der Waals surface area contributed by atoms with Gasteiger partial charge in [0, 0.05) is 31.4 Å². The van der Waals surface area contributed by atoms with Crippen LogP contribution in [0.5, 0.6) is 0 Å². The molecule has 4 rings (SSSR count). The number of aliphatic hydroxyl groups is 1. The molecule has 0 aliphatic carbocycles. The smallest absolute Gasteiger partial charge is 0.313 e. The second-order valence-corrected chi connectivity index (χ2v) is 14.5. The lowest BCUT2D eigenvalue weighted by Gasteiger charge is -2.39. The van der Waals surface area contributed by atoms with Gasteiger partial charge < -0.3 is 29.3 Å². The molecular formula is C37H52BrN3O7. The van der Waals surface area contributed by atoms with Crippen LogP contribution in [0.4, 0.5) is 0 Å². The number of esters is 1. The van der Waals surface area contributed by atoms with Gasteiger partial charge >= 0.3 is 5.97 Å². The van der Waals surface area contributed by atoms with E-state index in [9.17, 15) is 24.3 Å². The molecule has 48 heavy (non-hydrogen) atoms. The Balaban J connectivity index is 1.72. The van der Waals surface area contributed by atoms with E-state index < -0.39 is 53.7 Å². The minimum atomic E-state index is -1.28. The van der Waals surface area contributed by atoms with Crippen molar-refractivity contribution in [3.8, 4) is 0 Å². The molecule has 3 fully saturated rings. The van der Waals surface area contributed by atoms with Crippen molar-refractivity contribution in [1.29, 1.82) is 0 Å². The third-order valence-corrected chi connectivity index (χ3v) is 11.2. The van der Waals surface area contributed by atoms with Crippen molar-refractivity contribution in [3.05, 3.63) is 61.2 Å².